The van der Waals surface area contributed by atoms with Crippen molar-refractivity contribution in [1.29, 1.82) is 0 Å². The second-order valence-electron chi connectivity index (χ2n) is 5.65. The quantitative estimate of drug-likeness (QED) is 0.942. The molecule has 0 fully saturated rings. The summed E-state index contributed by atoms with van der Waals surface area (Å²) in [4.78, 5) is 3.90. The maximum atomic E-state index is 10.5. The van der Waals surface area contributed by atoms with Gasteiger partial charge in [-0.05, 0) is 29.7 Å². The molecule has 6 heteroatoms. The lowest BCUT2D eigenvalue weighted by Gasteiger charge is -2.32. The number of ether oxygens (including phenoxy) is 1. The first-order valence-corrected chi connectivity index (χ1v) is 6.70. The highest BCUT2D eigenvalue weighted by atomic mass is 35.5. The Bertz CT molecular complexity index is 535. The molecule has 108 valence electrons. The average molecular weight is 296 g/mol. The summed E-state index contributed by atoms with van der Waals surface area (Å²) in [5.74, 6) is 0.609. The van der Waals surface area contributed by atoms with Crippen LogP contribution >= 0.6 is 11.6 Å². The van der Waals surface area contributed by atoms with E-state index in [2.05, 4.69) is 10.1 Å². The lowest BCUT2D eigenvalue weighted by molar-refractivity contribution is -0.0731. The van der Waals surface area contributed by atoms with Gasteiger partial charge < -0.3 is 9.84 Å². The molecule has 0 aliphatic rings. The highest BCUT2D eigenvalue weighted by Gasteiger charge is 2.34. The van der Waals surface area contributed by atoms with E-state index >= 15 is 0 Å². The molecule has 0 aliphatic carbocycles. The molecule has 0 spiro atoms. The number of rotatable bonds is 4. The Morgan fingerprint density at radius 1 is 1.25 bits per heavy atom. The zero-order valence-corrected chi connectivity index (χ0v) is 12.4. The van der Waals surface area contributed by atoms with Crippen molar-refractivity contribution >= 4 is 11.6 Å². The summed E-state index contributed by atoms with van der Waals surface area (Å²) in [6.07, 6.45) is 1.53. The summed E-state index contributed by atoms with van der Waals surface area (Å²) < 4.78 is 7.36. The molecule has 0 unspecified atom stereocenters. The van der Waals surface area contributed by atoms with Gasteiger partial charge >= 0.3 is 0 Å². The Morgan fingerprint density at radius 3 is 2.40 bits per heavy atom. The lowest BCUT2D eigenvalue weighted by Crippen LogP contribution is -2.38. The van der Waals surface area contributed by atoms with E-state index < -0.39 is 12.3 Å². The van der Waals surface area contributed by atoms with Crippen LogP contribution in [0.1, 0.15) is 27.0 Å². The van der Waals surface area contributed by atoms with E-state index in [0.717, 1.165) is 0 Å². The van der Waals surface area contributed by atoms with Gasteiger partial charge in [0.05, 0.1) is 0 Å². The molecule has 1 aromatic carbocycles. The summed E-state index contributed by atoms with van der Waals surface area (Å²) in [5.41, 5.74) is -0.358. The zero-order valence-electron chi connectivity index (χ0n) is 11.7. The van der Waals surface area contributed by atoms with E-state index in [9.17, 15) is 5.11 Å². The molecule has 5 nitrogen and oxygen atoms in total. The highest BCUT2D eigenvalue weighted by molar-refractivity contribution is 6.30. The van der Waals surface area contributed by atoms with E-state index in [4.69, 9.17) is 16.3 Å². The van der Waals surface area contributed by atoms with Gasteiger partial charge in [0.25, 0.3) is 0 Å². The van der Waals surface area contributed by atoms with Crippen molar-refractivity contribution in [3.8, 4) is 5.75 Å². The van der Waals surface area contributed by atoms with E-state index in [1.165, 1.54) is 17.3 Å². The Morgan fingerprint density at radius 2 is 1.90 bits per heavy atom. The van der Waals surface area contributed by atoms with Gasteiger partial charge in [-0.1, -0.05) is 32.4 Å². The van der Waals surface area contributed by atoms with Gasteiger partial charge in [-0.25, -0.2) is 9.67 Å². The number of hydrogen-bond acceptors (Lipinski definition) is 4. The Kier molecular flexibility index (Phi) is 4.30. The predicted molar refractivity (Wildman–Crippen MR) is 76.6 cm³/mol. The molecule has 0 aliphatic heterocycles. The van der Waals surface area contributed by atoms with E-state index in [-0.39, 0.29) is 5.41 Å². The van der Waals surface area contributed by atoms with E-state index in [1.807, 2.05) is 20.8 Å². The maximum absolute atomic E-state index is 10.5. The summed E-state index contributed by atoms with van der Waals surface area (Å²) >= 11 is 5.85. The molecule has 0 amide bonds. The number of aliphatic hydroxyl groups excluding tert-OH is 1. The molecule has 2 atom stereocenters. The third-order valence-corrected chi connectivity index (χ3v) is 3.18. The topological polar surface area (TPSA) is 60.2 Å². The first-order valence-electron chi connectivity index (χ1n) is 6.32. The average Bonchev–Trinajstić information content (AvgIpc) is 2.90. The third kappa shape index (κ3) is 3.49. The number of aliphatic hydroxyl groups is 1. The van der Waals surface area contributed by atoms with Gasteiger partial charge in [0.1, 0.15) is 24.5 Å². The van der Waals surface area contributed by atoms with Crippen LogP contribution in [0.25, 0.3) is 0 Å². The van der Waals surface area contributed by atoms with Gasteiger partial charge in [0, 0.05) is 5.02 Å². The monoisotopic (exact) mass is 295 g/mol. The molecule has 1 heterocycles. The first kappa shape index (κ1) is 14.8. The van der Waals surface area contributed by atoms with Gasteiger partial charge in [-0.3, -0.25) is 0 Å². The fraction of sp³-hybridized carbons (Fsp3) is 0.429. The summed E-state index contributed by atoms with van der Waals surface area (Å²) in [6.45, 7) is 5.81. The molecular formula is C14H18ClN3O2. The van der Waals surface area contributed by atoms with Crippen LogP contribution in [0.15, 0.2) is 36.9 Å². The number of benzene rings is 1. The van der Waals surface area contributed by atoms with Crippen LogP contribution in [-0.4, -0.2) is 26.0 Å². The molecular weight excluding hydrogens is 278 g/mol. The van der Waals surface area contributed by atoms with Crippen molar-refractivity contribution < 1.29 is 9.84 Å². The number of halogens is 1. The minimum Gasteiger partial charge on any atom is -0.466 e. The number of hydrogen-bond donors (Lipinski definition) is 1. The second-order valence-corrected chi connectivity index (χ2v) is 6.09. The summed E-state index contributed by atoms with van der Waals surface area (Å²) in [6, 6.07) is 6.97. The van der Waals surface area contributed by atoms with Crippen molar-refractivity contribution in [3.63, 3.8) is 0 Å². The SMILES string of the molecule is CC(C)(C)[C@@H](O)[C@@H](Oc1ccc(Cl)cc1)n1cncn1. The van der Waals surface area contributed by atoms with Crippen molar-refractivity contribution in [2.24, 2.45) is 5.41 Å². The second kappa shape index (κ2) is 5.81. The fourth-order valence-electron chi connectivity index (χ4n) is 1.69. The molecule has 1 aromatic heterocycles. The Balaban J connectivity index is 2.26. The van der Waals surface area contributed by atoms with Crippen LogP contribution in [0.2, 0.25) is 5.02 Å². The van der Waals surface area contributed by atoms with Gasteiger partial charge in [-0.2, -0.15) is 5.10 Å². The van der Waals surface area contributed by atoms with Crippen molar-refractivity contribution in [2.45, 2.75) is 33.1 Å². The Labute approximate surface area is 123 Å². The highest BCUT2D eigenvalue weighted by Crippen LogP contribution is 2.30. The van der Waals surface area contributed by atoms with Crippen molar-refractivity contribution in [1.82, 2.24) is 14.8 Å². The minimum atomic E-state index is -0.750. The van der Waals surface area contributed by atoms with Crippen LogP contribution < -0.4 is 4.74 Å². The molecule has 0 saturated carbocycles. The van der Waals surface area contributed by atoms with Crippen molar-refractivity contribution in [2.75, 3.05) is 0 Å². The molecule has 20 heavy (non-hydrogen) atoms. The minimum absolute atomic E-state index is 0.358. The lowest BCUT2D eigenvalue weighted by atomic mass is 9.88. The van der Waals surface area contributed by atoms with Crippen LogP contribution in [0.5, 0.6) is 5.75 Å². The van der Waals surface area contributed by atoms with Crippen LogP contribution in [0.4, 0.5) is 0 Å². The summed E-state index contributed by atoms with van der Waals surface area (Å²) in [7, 11) is 0. The van der Waals surface area contributed by atoms with Gasteiger partial charge in [0.2, 0.25) is 6.23 Å². The van der Waals surface area contributed by atoms with Gasteiger partial charge in [0.15, 0.2) is 0 Å². The largest absolute Gasteiger partial charge is 0.466 e. The van der Waals surface area contributed by atoms with Crippen LogP contribution in [0.3, 0.4) is 0 Å². The van der Waals surface area contributed by atoms with E-state index in [0.29, 0.717) is 10.8 Å². The molecule has 2 aromatic rings. The van der Waals surface area contributed by atoms with Crippen LogP contribution in [0, 0.1) is 5.41 Å². The predicted octanol–water partition coefficient (Wildman–Crippen LogP) is 2.92. The molecule has 2 rings (SSSR count). The molecule has 0 bridgehead atoms. The standard InChI is InChI=1S/C14H18ClN3O2/c1-14(2,3)12(19)13(18-9-16-8-17-18)20-11-6-4-10(15)5-7-11/h4-9,12-13,19H,1-3H3/t12-,13+/m0/s1. The van der Waals surface area contributed by atoms with Crippen molar-refractivity contribution in [3.05, 3.63) is 41.9 Å². The fourth-order valence-corrected chi connectivity index (χ4v) is 1.82. The molecule has 1 N–H and O–H groups in total. The number of aromatic nitrogens is 3. The molecule has 0 radical (unpaired) electrons. The first-order chi connectivity index (χ1) is 9.38. The zero-order chi connectivity index (χ0) is 14.8. The third-order valence-electron chi connectivity index (χ3n) is 2.93. The number of nitrogens with zero attached hydrogens (tertiary/aromatic N) is 3. The smallest absolute Gasteiger partial charge is 0.219 e. The summed E-state index contributed by atoms with van der Waals surface area (Å²) in [5, 5.41) is 15.2. The Hall–Kier alpha value is -1.59. The molecule has 0 saturated heterocycles. The van der Waals surface area contributed by atoms with Crippen LogP contribution in [-0.2, 0) is 0 Å². The van der Waals surface area contributed by atoms with E-state index in [1.54, 1.807) is 24.3 Å². The maximum Gasteiger partial charge on any atom is 0.219 e. The van der Waals surface area contributed by atoms with Gasteiger partial charge in [-0.15, -0.1) is 0 Å². The normalized spacial score (nSPS) is 14.8.